The average molecular weight is 380 g/mol. The summed E-state index contributed by atoms with van der Waals surface area (Å²) in [7, 11) is 0. The molecule has 1 aromatic carbocycles. The lowest BCUT2D eigenvalue weighted by Crippen LogP contribution is -2.34. The fourth-order valence-electron chi connectivity index (χ4n) is 3.34. The summed E-state index contributed by atoms with van der Waals surface area (Å²) >= 11 is 0. The SMILES string of the molecule is CCOC(=O)[C@H]1C[C@@H](C(=O)OCC)[C@@H](c2cc3c(cc2[N+](=O)[O-])OCO3)N1. The van der Waals surface area contributed by atoms with Crippen LogP contribution >= 0.6 is 0 Å². The molecule has 2 aliphatic heterocycles. The second kappa shape index (κ2) is 7.78. The van der Waals surface area contributed by atoms with E-state index in [1.54, 1.807) is 13.8 Å². The van der Waals surface area contributed by atoms with Gasteiger partial charge in [0.05, 0.1) is 41.7 Å². The Morgan fingerprint density at radius 1 is 1.19 bits per heavy atom. The summed E-state index contributed by atoms with van der Waals surface area (Å²) in [5.41, 5.74) is 0.00431. The van der Waals surface area contributed by atoms with Gasteiger partial charge in [-0.3, -0.25) is 25.0 Å². The molecule has 0 unspecified atom stereocenters. The van der Waals surface area contributed by atoms with E-state index in [0.717, 1.165) is 0 Å². The largest absolute Gasteiger partial charge is 0.466 e. The summed E-state index contributed by atoms with van der Waals surface area (Å²) in [6, 6.07) is 1.17. The molecule has 0 bridgehead atoms. The van der Waals surface area contributed by atoms with Crippen LogP contribution in [0.5, 0.6) is 11.5 Å². The van der Waals surface area contributed by atoms with Crippen molar-refractivity contribution in [2.24, 2.45) is 5.92 Å². The molecule has 146 valence electrons. The normalized spacial score (nSPS) is 23.1. The Morgan fingerprint density at radius 3 is 2.44 bits per heavy atom. The van der Waals surface area contributed by atoms with Gasteiger partial charge in [0.25, 0.3) is 5.69 Å². The third kappa shape index (κ3) is 3.65. The molecular weight excluding hydrogens is 360 g/mol. The number of nitro benzene ring substituents is 1. The molecular formula is C17H20N2O8. The smallest absolute Gasteiger partial charge is 0.323 e. The van der Waals surface area contributed by atoms with Crippen LogP contribution in [-0.2, 0) is 19.1 Å². The Labute approximate surface area is 154 Å². The van der Waals surface area contributed by atoms with Gasteiger partial charge in [-0.05, 0) is 26.3 Å². The van der Waals surface area contributed by atoms with Crippen molar-refractivity contribution in [2.45, 2.75) is 32.4 Å². The van der Waals surface area contributed by atoms with Crippen LogP contribution in [0.2, 0.25) is 0 Å². The predicted octanol–water partition coefficient (Wildman–Crippen LogP) is 1.47. The van der Waals surface area contributed by atoms with Gasteiger partial charge < -0.3 is 18.9 Å². The third-order valence-corrected chi connectivity index (χ3v) is 4.49. The summed E-state index contributed by atoms with van der Waals surface area (Å²) in [6.07, 6.45) is 0.119. The van der Waals surface area contributed by atoms with Crippen molar-refractivity contribution in [2.75, 3.05) is 20.0 Å². The van der Waals surface area contributed by atoms with Crippen molar-refractivity contribution in [3.8, 4) is 11.5 Å². The Bertz CT molecular complexity index is 766. The molecule has 1 N–H and O–H groups in total. The van der Waals surface area contributed by atoms with Gasteiger partial charge in [-0.2, -0.15) is 0 Å². The van der Waals surface area contributed by atoms with Crippen LogP contribution in [-0.4, -0.2) is 42.9 Å². The maximum absolute atomic E-state index is 12.4. The van der Waals surface area contributed by atoms with Crippen molar-refractivity contribution in [1.82, 2.24) is 5.32 Å². The van der Waals surface area contributed by atoms with Crippen LogP contribution in [0.4, 0.5) is 5.69 Å². The molecule has 27 heavy (non-hydrogen) atoms. The number of nitrogens with zero attached hydrogens (tertiary/aromatic N) is 1. The molecule has 3 atom stereocenters. The summed E-state index contributed by atoms with van der Waals surface area (Å²) in [4.78, 5) is 35.6. The quantitative estimate of drug-likeness (QED) is 0.443. The molecule has 1 aromatic rings. The molecule has 3 rings (SSSR count). The lowest BCUT2D eigenvalue weighted by atomic mass is 9.92. The highest BCUT2D eigenvalue weighted by Gasteiger charge is 2.46. The monoisotopic (exact) mass is 380 g/mol. The van der Waals surface area contributed by atoms with Gasteiger partial charge in [0.2, 0.25) is 6.79 Å². The third-order valence-electron chi connectivity index (χ3n) is 4.49. The van der Waals surface area contributed by atoms with Gasteiger partial charge in [-0.25, -0.2) is 0 Å². The van der Waals surface area contributed by atoms with Gasteiger partial charge in [0.15, 0.2) is 11.5 Å². The maximum atomic E-state index is 12.4. The number of esters is 2. The van der Waals surface area contributed by atoms with Crippen LogP contribution in [0, 0.1) is 16.0 Å². The van der Waals surface area contributed by atoms with Gasteiger partial charge >= 0.3 is 11.9 Å². The average Bonchev–Trinajstić information content (AvgIpc) is 3.27. The molecule has 0 aromatic heterocycles. The summed E-state index contributed by atoms with van der Waals surface area (Å²) < 4.78 is 20.6. The molecule has 10 heteroatoms. The van der Waals surface area contributed by atoms with Gasteiger partial charge in [0, 0.05) is 0 Å². The number of hydrogen-bond acceptors (Lipinski definition) is 9. The van der Waals surface area contributed by atoms with E-state index < -0.39 is 34.9 Å². The minimum atomic E-state index is -0.798. The fourth-order valence-corrected chi connectivity index (χ4v) is 3.34. The van der Waals surface area contributed by atoms with Gasteiger partial charge in [-0.15, -0.1) is 0 Å². The summed E-state index contributed by atoms with van der Waals surface area (Å²) in [6.45, 7) is 3.66. The maximum Gasteiger partial charge on any atom is 0.323 e. The van der Waals surface area contributed by atoms with Gasteiger partial charge in [-0.1, -0.05) is 0 Å². The van der Waals surface area contributed by atoms with E-state index in [2.05, 4.69) is 5.32 Å². The van der Waals surface area contributed by atoms with E-state index in [4.69, 9.17) is 18.9 Å². The fraction of sp³-hybridized carbons (Fsp3) is 0.529. The minimum absolute atomic E-state index is 0.0409. The van der Waals surface area contributed by atoms with E-state index in [1.807, 2.05) is 0 Å². The Balaban J connectivity index is 2.00. The van der Waals surface area contributed by atoms with Crippen LogP contribution in [0.25, 0.3) is 0 Å². The van der Waals surface area contributed by atoms with Crippen molar-refractivity contribution >= 4 is 17.6 Å². The Kier molecular flexibility index (Phi) is 5.45. The second-order valence-corrected chi connectivity index (χ2v) is 6.06. The molecule has 1 saturated heterocycles. The molecule has 0 spiro atoms. The topological polar surface area (TPSA) is 126 Å². The molecule has 1 fully saturated rings. The first-order chi connectivity index (χ1) is 13.0. The highest BCUT2D eigenvalue weighted by Crippen LogP contribution is 2.44. The standard InChI is InChI=1S/C17H20N2O8/c1-3-24-16(20)10-5-11(17(21)25-4-2)18-15(10)9-6-13-14(27-8-26-13)7-12(9)19(22)23/h6-7,10-11,15,18H,3-5,8H2,1-2H3/t10-,11-,15-/m1/s1. The van der Waals surface area contributed by atoms with E-state index in [0.29, 0.717) is 5.75 Å². The number of ether oxygens (including phenoxy) is 4. The zero-order valence-corrected chi connectivity index (χ0v) is 14.9. The lowest BCUT2D eigenvalue weighted by Gasteiger charge is -2.19. The second-order valence-electron chi connectivity index (χ2n) is 6.06. The number of benzene rings is 1. The molecule has 0 radical (unpaired) electrons. The molecule has 0 aliphatic carbocycles. The van der Waals surface area contributed by atoms with E-state index >= 15 is 0 Å². The number of carbonyl (C=O) groups excluding carboxylic acids is 2. The molecule has 0 amide bonds. The molecule has 2 aliphatic rings. The van der Waals surface area contributed by atoms with Crippen LogP contribution in [0.1, 0.15) is 31.9 Å². The van der Waals surface area contributed by atoms with Crippen LogP contribution in [0.3, 0.4) is 0 Å². The van der Waals surface area contributed by atoms with Crippen molar-refractivity contribution in [3.63, 3.8) is 0 Å². The lowest BCUT2D eigenvalue weighted by molar-refractivity contribution is -0.385. The minimum Gasteiger partial charge on any atom is -0.466 e. The number of rotatable bonds is 6. The van der Waals surface area contributed by atoms with Gasteiger partial charge in [0.1, 0.15) is 6.04 Å². The van der Waals surface area contributed by atoms with Crippen LogP contribution in [0.15, 0.2) is 12.1 Å². The first kappa shape index (κ1) is 18.9. The van der Waals surface area contributed by atoms with E-state index in [-0.39, 0.29) is 43.4 Å². The number of nitro groups is 1. The number of hydrogen-bond donors (Lipinski definition) is 1. The zero-order chi connectivity index (χ0) is 19.6. The van der Waals surface area contributed by atoms with E-state index in [1.165, 1.54) is 12.1 Å². The summed E-state index contributed by atoms with van der Waals surface area (Å²) in [5, 5.41) is 14.6. The van der Waals surface area contributed by atoms with Crippen molar-refractivity contribution in [3.05, 3.63) is 27.8 Å². The molecule has 10 nitrogen and oxygen atoms in total. The zero-order valence-electron chi connectivity index (χ0n) is 14.9. The first-order valence-corrected chi connectivity index (χ1v) is 8.63. The van der Waals surface area contributed by atoms with Crippen LogP contribution < -0.4 is 14.8 Å². The number of carbonyl (C=O) groups is 2. The Hall–Kier alpha value is -2.88. The molecule has 0 saturated carbocycles. The van der Waals surface area contributed by atoms with E-state index in [9.17, 15) is 19.7 Å². The predicted molar refractivity (Wildman–Crippen MR) is 90.3 cm³/mol. The number of nitrogens with one attached hydrogen (secondary N) is 1. The highest BCUT2D eigenvalue weighted by atomic mass is 16.7. The first-order valence-electron chi connectivity index (χ1n) is 8.63. The summed E-state index contributed by atoms with van der Waals surface area (Å²) in [5.74, 6) is -1.22. The number of fused-ring (bicyclic) bond motifs is 1. The van der Waals surface area contributed by atoms with Crippen molar-refractivity contribution < 1.29 is 33.5 Å². The molecule has 2 heterocycles. The Morgan fingerprint density at radius 2 is 1.81 bits per heavy atom. The highest BCUT2D eigenvalue weighted by molar-refractivity contribution is 5.81. The van der Waals surface area contributed by atoms with Crippen molar-refractivity contribution in [1.29, 1.82) is 0 Å².